The number of amides is 1. The highest BCUT2D eigenvalue weighted by atomic mass is 32.2. The fourth-order valence-electron chi connectivity index (χ4n) is 4.57. The van der Waals surface area contributed by atoms with Gasteiger partial charge in [-0.15, -0.1) is 10.2 Å². The Morgan fingerprint density at radius 3 is 2.10 bits per heavy atom. The first-order valence-electron chi connectivity index (χ1n) is 13.6. The first kappa shape index (κ1) is 28.3. The molecule has 0 aliphatic heterocycles. The van der Waals surface area contributed by atoms with Gasteiger partial charge in [0.25, 0.3) is 5.91 Å². The lowest BCUT2D eigenvalue weighted by atomic mass is 9.87. The Balaban J connectivity index is 1.48. The van der Waals surface area contributed by atoms with Gasteiger partial charge in [-0.25, -0.2) is 4.39 Å². The molecule has 5 rings (SSSR count). The second kappa shape index (κ2) is 12.5. The van der Waals surface area contributed by atoms with Crippen LogP contribution < -0.4 is 5.32 Å². The zero-order valence-corrected chi connectivity index (χ0v) is 24.2. The quantitative estimate of drug-likeness (QED) is 0.186. The zero-order valence-electron chi connectivity index (χ0n) is 23.4. The molecule has 4 aromatic carbocycles. The average Bonchev–Trinajstić information content (AvgIpc) is 3.41. The first-order valence-corrected chi connectivity index (χ1v) is 14.6. The molecular formula is C34H33FN4OS. The Morgan fingerprint density at radius 1 is 0.829 bits per heavy atom. The van der Waals surface area contributed by atoms with Gasteiger partial charge in [-0.05, 0) is 64.9 Å². The summed E-state index contributed by atoms with van der Waals surface area (Å²) in [6, 6.07) is 33.7. The van der Waals surface area contributed by atoms with Gasteiger partial charge in [0.1, 0.15) is 5.82 Å². The van der Waals surface area contributed by atoms with Crippen LogP contribution in [0, 0.1) is 5.82 Å². The Bertz CT molecular complexity index is 1580. The standard InChI is InChI=1S/C34H33FN4OS/c1-34(2,3)27-18-14-25(15-19-27)23-41-33-38-37-31(39(33)29-12-8-5-9-13-29)30(22-24-10-6-4-7-11-24)36-32(40)26-16-20-28(35)21-17-26/h4-21,30H,22-23H2,1-3H3,(H,36,40). The molecule has 0 saturated heterocycles. The number of aromatic nitrogens is 3. The van der Waals surface area contributed by atoms with Crippen molar-refractivity contribution in [2.24, 2.45) is 0 Å². The summed E-state index contributed by atoms with van der Waals surface area (Å²) < 4.78 is 15.5. The summed E-state index contributed by atoms with van der Waals surface area (Å²) >= 11 is 1.60. The predicted molar refractivity (Wildman–Crippen MR) is 163 cm³/mol. The summed E-state index contributed by atoms with van der Waals surface area (Å²) in [5.74, 6) is 0.657. The number of halogens is 1. The molecule has 0 spiro atoms. The third kappa shape index (κ3) is 7.11. The minimum absolute atomic E-state index is 0.0974. The topological polar surface area (TPSA) is 59.8 Å². The maximum Gasteiger partial charge on any atom is 0.251 e. The number of carbonyl (C=O) groups excluding carboxylic acids is 1. The van der Waals surface area contributed by atoms with Crippen molar-refractivity contribution in [3.05, 3.63) is 143 Å². The highest BCUT2D eigenvalue weighted by Gasteiger charge is 2.25. The molecular weight excluding hydrogens is 531 g/mol. The van der Waals surface area contributed by atoms with Crippen molar-refractivity contribution in [1.29, 1.82) is 0 Å². The molecule has 1 aromatic heterocycles. The van der Waals surface area contributed by atoms with Crippen molar-refractivity contribution in [1.82, 2.24) is 20.1 Å². The average molecular weight is 565 g/mol. The lowest BCUT2D eigenvalue weighted by Gasteiger charge is -2.20. The van der Waals surface area contributed by atoms with Gasteiger partial charge in [0.2, 0.25) is 0 Å². The molecule has 41 heavy (non-hydrogen) atoms. The number of hydrogen-bond acceptors (Lipinski definition) is 4. The summed E-state index contributed by atoms with van der Waals surface area (Å²) in [5, 5.41) is 13.1. The number of nitrogens with one attached hydrogen (secondary N) is 1. The molecule has 0 saturated carbocycles. The third-order valence-electron chi connectivity index (χ3n) is 6.87. The van der Waals surface area contributed by atoms with E-state index >= 15 is 0 Å². The molecule has 1 unspecified atom stereocenters. The van der Waals surface area contributed by atoms with E-state index in [0.29, 0.717) is 17.8 Å². The summed E-state index contributed by atoms with van der Waals surface area (Å²) in [7, 11) is 0. The number of para-hydroxylation sites is 1. The van der Waals surface area contributed by atoms with Crippen LogP contribution in [0.3, 0.4) is 0 Å². The van der Waals surface area contributed by atoms with Crippen molar-refractivity contribution in [2.45, 2.75) is 49.6 Å². The number of benzene rings is 4. The number of thioether (sulfide) groups is 1. The van der Waals surface area contributed by atoms with Crippen LogP contribution >= 0.6 is 11.8 Å². The molecule has 0 bridgehead atoms. The van der Waals surface area contributed by atoms with E-state index in [-0.39, 0.29) is 17.1 Å². The van der Waals surface area contributed by atoms with E-state index in [2.05, 4.69) is 60.6 Å². The third-order valence-corrected chi connectivity index (χ3v) is 7.87. The molecule has 5 nitrogen and oxygen atoms in total. The smallest absolute Gasteiger partial charge is 0.251 e. The van der Waals surface area contributed by atoms with Crippen molar-refractivity contribution in [3.63, 3.8) is 0 Å². The van der Waals surface area contributed by atoms with Gasteiger partial charge >= 0.3 is 0 Å². The van der Waals surface area contributed by atoms with Gasteiger partial charge in [0.05, 0.1) is 6.04 Å². The van der Waals surface area contributed by atoms with Crippen LogP contribution in [-0.2, 0) is 17.6 Å². The summed E-state index contributed by atoms with van der Waals surface area (Å²) in [4.78, 5) is 13.3. The van der Waals surface area contributed by atoms with Crippen molar-refractivity contribution < 1.29 is 9.18 Å². The van der Waals surface area contributed by atoms with Crippen molar-refractivity contribution in [3.8, 4) is 5.69 Å². The van der Waals surface area contributed by atoms with Crippen LogP contribution in [0.2, 0.25) is 0 Å². The van der Waals surface area contributed by atoms with E-state index in [1.165, 1.54) is 35.4 Å². The minimum atomic E-state index is -0.483. The van der Waals surface area contributed by atoms with Crippen LogP contribution in [0.1, 0.15) is 59.7 Å². The Kier molecular flexibility index (Phi) is 8.64. The van der Waals surface area contributed by atoms with E-state index in [0.717, 1.165) is 22.2 Å². The minimum Gasteiger partial charge on any atom is -0.342 e. The molecule has 5 aromatic rings. The normalized spacial score (nSPS) is 12.2. The second-order valence-electron chi connectivity index (χ2n) is 11.0. The summed E-state index contributed by atoms with van der Waals surface area (Å²) in [6.45, 7) is 6.63. The number of rotatable bonds is 9. The molecule has 0 fully saturated rings. The van der Waals surface area contributed by atoms with Crippen LogP contribution in [0.5, 0.6) is 0 Å². The highest BCUT2D eigenvalue weighted by Crippen LogP contribution is 2.30. The van der Waals surface area contributed by atoms with Gasteiger partial charge < -0.3 is 5.32 Å². The zero-order chi connectivity index (χ0) is 28.8. The molecule has 0 radical (unpaired) electrons. The summed E-state index contributed by atoms with van der Waals surface area (Å²) in [5.41, 5.74) is 4.92. The van der Waals surface area contributed by atoms with Gasteiger partial charge in [-0.3, -0.25) is 9.36 Å². The number of nitrogens with zero attached hydrogens (tertiary/aromatic N) is 3. The number of carbonyl (C=O) groups is 1. The van der Waals surface area contributed by atoms with E-state index in [4.69, 9.17) is 0 Å². The van der Waals surface area contributed by atoms with Gasteiger partial charge in [-0.2, -0.15) is 0 Å². The van der Waals surface area contributed by atoms with Gasteiger partial charge in [0.15, 0.2) is 11.0 Å². The summed E-state index contributed by atoms with van der Waals surface area (Å²) in [6.07, 6.45) is 0.512. The fourth-order valence-corrected chi connectivity index (χ4v) is 5.48. The molecule has 0 aliphatic carbocycles. The lowest BCUT2D eigenvalue weighted by molar-refractivity contribution is 0.0934. The molecule has 208 valence electrons. The van der Waals surface area contributed by atoms with E-state index in [9.17, 15) is 9.18 Å². The lowest BCUT2D eigenvalue weighted by Crippen LogP contribution is -2.32. The predicted octanol–water partition coefficient (Wildman–Crippen LogP) is 7.71. The maximum absolute atomic E-state index is 13.5. The molecule has 1 atom stereocenters. The number of hydrogen-bond donors (Lipinski definition) is 1. The van der Waals surface area contributed by atoms with Crippen LogP contribution in [0.4, 0.5) is 4.39 Å². The SMILES string of the molecule is CC(C)(C)c1ccc(CSc2nnc(C(Cc3ccccc3)NC(=O)c3ccc(F)cc3)n2-c2ccccc2)cc1. The first-order chi connectivity index (χ1) is 19.8. The van der Waals surface area contributed by atoms with E-state index in [1.807, 2.05) is 65.2 Å². The molecule has 0 aliphatic rings. The monoisotopic (exact) mass is 564 g/mol. The van der Waals surface area contributed by atoms with Gasteiger partial charge in [0, 0.05) is 17.0 Å². The van der Waals surface area contributed by atoms with E-state index < -0.39 is 6.04 Å². The molecule has 1 N–H and O–H groups in total. The maximum atomic E-state index is 13.5. The Labute approximate surface area is 244 Å². The molecule has 1 heterocycles. The van der Waals surface area contributed by atoms with Crippen LogP contribution in [-0.4, -0.2) is 20.7 Å². The van der Waals surface area contributed by atoms with Crippen molar-refractivity contribution >= 4 is 17.7 Å². The van der Waals surface area contributed by atoms with E-state index in [1.54, 1.807) is 11.8 Å². The second-order valence-corrected chi connectivity index (χ2v) is 11.9. The van der Waals surface area contributed by atoms with Crippen molar-refractivity contribution in [2.75, 3.05) is 0 Å². The largest absolute Gasteiger partial charge is 0.342 e. The van der Waals surface area contributed by atoms with Crippen LogP contribution in [0.25, 0.3) is 5.69 Å². The Morgan fingerprint density at radius 2 is 1.46 bits per heavy atom. The fraction of sp³-hybridized carbons (Fsp3) is 0.206. The molecule has 1 amide bonds. The molecule has 7 heteroatoms. The van der Waals surface area contributed by atoms with Crippen LogP contribution in [0.15, 0.2) is 114 Å². The van der Waals surface area contributed by atoms with Gasteiger partial charge in [-0.1, -0.05) is 105 Å². The highest BCUT2D eigenvalue weighted by molar-refractivity contribution is 7.98. The Hall–Kier alpha value is -4.23.